The van der Waals surface area contributed by atoms with E-state index in [2.05, 4.69) is 9.88 Å². The van der Waals surface area contributed by atoms with E-state index in [4.69, 9.17) is 21.1 Å². The molecule has 3 aromatic rings. The second-order valence-corrected chi connectivity index (χ2v) is 14.3. The lowest BCUT2D eigenvalue weighted by Gasteiger charge is -2.52. The molecule has 0 aliphatic carbocycles. The maximum absolute atomic E-state index is 15.4. The Labute approximate surface area is 300 Å². The van der Waals surface area contributed by atoms with Gasteiger partial charge in [-0.15, -0.1) is 11.3 Å². The summed E-state index contributed by atoms with van der Waals surface area (Å²) in [5, 5.41) is 1.70. The monoisotopic (exact) mass is 758 g/mol. The van der Waals surface area contributed by atoms with Crippen molar-refractivity contribution in [2.45, 2.75) is 69.1 Å². The molecule has 1 aromatic carbocycles. The van der Waals surface area contributed by atoms with Gasteiger partial charge >= 0.3 is 12.4 Å². The number of hydrogen-bond donors (Lipinski definition) is 0. The zero-order valence-electron chi connectivity index (χ0n) is 27.7. The maximum Gasteiger partial charge on any atom is 0.425 e. The Morgan fingerprint density at radius 2 is 1.80 bits per heavy atom. The van der Waals surface area contributed by atoms with Crippen LogP contribution in [0.1, 0.15) is 70.7 Å². The number of thiophene rings is 1. The summed E-state index contributed by atoms with van der Waals surface area (Å²) in [5.41, 5.74) is -2.17. The van der Waals surface area contributed by atoms with Gasteiger partial charge in [0, 0.05) is 61.8 Å². The van der Waals surface area contributed by atoms with Crippen LogP contribution < -0.4 is 4.74 Å². The van der Waals surface area contributed by atoms with Crippen LogP contribution in [0.2, 0.25) is 5.02 Å². The molecule has 0 saturated carbocycles. The topological polar surface area (TPSA) is 75.2 Å². The zero-order chi connectivity index (χ0) is 36.6. The number of ether oxygens (including phenoxy) is 2. The zero-order valence-corrected chi connectivity index (χ0v) is 29.3. The molecular formula is C35H37ClF6N4O4S. The van der Waals surface area contributed by atoms with Gasteiger partial charge in [0.05, 0.1) is 30.9 Å². The Balaban J connectivity index is 1.46. The highest BCUT2D eigenvalue weighted by atomic mass is 35.5. The molecule has 5 heterocycles. The number of amides is 2. The van der Waals surface area contributed by atoms with Crippen LogP contribution in [0.4, 0.5) is 26.3 Å². The molecule has 2 fully saturated rings. The molecule has 8 nitrogen and oxygen atoms in total. The van der Waals surface area contributed by atoms with Gasteiger partial charge in [-0.3, -0.25) is 19.5 Å². The predicted octanol–water partition coefficient (Wildman–Crippen LogP) is 7.51. The minimum Gasteiger partial charge on any atom is -0.474 e. The summed E-state index contributed by atoms with van der Waals surface area (Å²) >= 11 is 6.76. The number of hydrogen-bond acceptors (Lipinski definition) is 7. The maximum atomic E-state index is 15.4. The van der Waals surface area contributed by atoms with Gasteiger partial charge in [0.1, 0.15) is 16.3 Å². The summed E-state index contributed by atoms with van der Waals surface area (Å²) < 4.78 is 95.6. The van der Waals surface area contributed by atoms with E-state index < -0.39 is 58.0 Å². The van der Waals surface area contributed by atoms with Gasteiger partial charge in [-0.1, -0.05) is 31.0 Å². The van der Waals surface area contributed by atoms with Gasteiger partial charge in [0.25, 0.3) is 11.8 Å². The van der Waals surface area contributed by atoms with E-state index >= 15 is 4.79 Å². The Hall–Kier alpha value is -3.40. The van der Waals surface area contributed by atoms with Crippen LogP contribution in [0, 0.1) is 0 Å². The fraction of sp³-hybridized carbons (Fsp3) is 0.514. The first-order chi connectivity index (χ1) is 24.2. The van der Waals surface area contributed by atoms with Crippen LogP contribution in [0.25, 0.3) is 0 Å². The van der Waals surface area contributed by atoms with Crippen LogP contribution in [0.15, 0.2) is 48.0 Å². The first-order valence-electron chi connectivity index (χ1n) is 16.8. The number of pyridine rings is 1. The Kier molecular flexibility index (Phi) is 10.9. The summed E-state index contributed by atoms with van der Waals surface area (Å²) in [4.78, 5) is 37.5. The van der Waals surface area contributed by atoms with E-state index in [1.54, 1.807) is 17.9 Å². The molecule has 3 aliphatic rings. The van der Waals surface area contributed by atoms with Crippen LogP contribution in [-0.2, 0) is 28.3 Å². The van der Waals surface area contributed by atoms with Gasteiger partial charge < -0.3 is 19.3 Å². The van der Waals surface area contributed by atoms with E-state index in [-0.39, 0.29) is 38.1 Å². The van der Waals surface area contributed by atoms with Gasteiger partial charge in [-0.05, 0) is 54.7 Å². The van der Waals surface area contributed by atoms with Crippen LogP contribution >= 0.6 is 22.9 Å². The lowest BCUT2D eigenvalue weighted by Crippen LogP contribution is -2.69. The molecule has 51 heavy (non-hydrogen) atoms. The molecule has 6 rings (SSSR count). The summed E-state index contributed by atoms with van der Waals surface area (Å²) in [6.45, 7) is 4.66. The molecule has 0 spiro atoms. The van der Waals surface area contributed by atoms with E-state index in [1.165, 1.54) is 10.3 Å². The molecule has 0 bridgehead atoms. The molecule has 2 aromatic heterocycles. The summed E-state index contributed by atoms with van der Waals surface area (Å²) in [6.07, 6.45) is -7.38. The number of rotatable bonds is 8. The third-order valence-electron chi connectivity index (χ3n) is 9.78. The third-order valence-corrected chi connectivity index (χ3v) is 11.0. The molecule has 2 saturated heterocycles. The van der Waals surface area contributed by atoms with Crippen molar-refractivity contribution in [2.24, 2.45) is 0 Å². The first-order valence-corrected chi connectivity index (χ1v) is 18.1. The number of piperidine rings is 1. The van der Waals surface area contributed by atoms with Crippen molar-refractivity contribution >= 4 is 34.8 Å². The molecule has 2 amide bonds. The number of carbonyl (C=O) groups excluding carboxylic acids is 2. The average Bonchev–Trinajstić information content (AvgIpc) is 3.58. The predicted molar refractivity (Wildman–Crippen MR) is 178 cm³/mol. The number of benzene rings is 1. The standard InChI is InChI=1S/C35H37ClF6N4O4S/c1-2-5-28-33(50-24-19-29(51-21-24)35(40,41)42,10-4-12-46(28)31(47)30-26(34(37,38)39)6-3-11-43-30)32(48)45-13-9-22-18-23(36)7-8-25(22)27(45)20-44-14-16-49-17-15-44/h3,6-8,11,18-19,21,27-28H,2,4-5,9-10,12-17,20H2,1H3/t27?,28-,33-/m1/s1. The van der Waals surface area contributed by atoms with Crippen molar-refractivity contribution in [1.82, 2.24) is 19.7 Å². The van der Waals surface area contributed by atoms with Crippen LogP contribution in [-0.4, -0.2) is 89.1 Å². The molecule has 0 radical (unpaired) electrons. The number of morpholine rings is 1. The Morgan fingerprint density at radius 3 is 2.49 bits per heavy atom. The molecule has 16 heteroatoms. The molecular weight excluding hydrogens is 722 g/mol. The van der Waals surface area contributed by atoms with Crippen LogP contribution in [0.5, 0.6) is 5.75 Å². The van der Waals surface area contributed by atoms with E-state index in [0.29, 0.717) is 62.0 Å². The lowest BCUT2D eigenvalue weighted by molar-refractivity contribution is -0.163. The smallest absolute Gasteiger partial charge is 0.425 e. The Bertz CT molecular complexity index is 1730. The third kappa shape index (κ3) is 7.72. The SMILES string of the molecule is CCC[C@H]1N(C(=O)c2ncccc2C(F)(F)F)CCC[C@]1(Oc1csc(C(F)(F)F)c1)C(=O)N1CCc2cc(Cl)ccc2C1CN1CCOCC1. The minimum atomic E-state index is -4.89. The van der Waals surface area contributed by atoms with Crippen molar-refractivity contribution in [3.05, 3.63) is 80.3 Å². The quantitative estimate of drug-likeness (QED) is 0.222. The molecule has 3 atom stereocenters. The van der Waals surface area contributed by atoms with E-state index in [0.717, 1.165) is 35.5 Å². The highest BCUT2D eigenvalue weighted by Crippen LogP contribution is 2.44. The fourth-order valence-corrected chi connectivity index (χ4v) is 8.34. The number of aromatic nitrogens is 1. The van der Waals surface area contributed by atoms with Crippen molar-refractivity contribution in [2.75, 3.05) is 45.9 Å². The summed E-state index contributed by atoms with van der Waals surface area (Å²) in [6, 6.07) is 6.48. The van der Waals surface area contributed by atoms with Gasteiger partial charge in [0.15, 0.2) is 0 Å². The van der Waals surface area contributed by atoms with Crippen molar-refractivity contribution in [1.29, 1.82) is 0 Å². The number of fused-ring (bicyclic) bond motifs is 1. The van der Waals surface area contributed by atoms with Gasteiger partial charge in [-0.25, -0.2) is 0 Å². The number of nitrogens with zero attached hydrogens (tertiary/aromatic N) is 4. The normalized spacial score (nSPS) is 23.2. The average molecular weight is 759 g/mol. The highest BCUT2D eigenvalue weighted by Gasteiger charge is 2.57. The summed E-state index contributed by atoms with van der Waals surface area (Å²) in [5.74, 6) is -1.79. The van der Waals surface area contributed by atoms with Gasteiger partial charge in [-0.2, -0.15) is 26.3 Å². The molecule has 3 aliphatic heterocycles. The van der Waals surface area contributed by atoms with E-state index in [9.17, 15) is 31.1 Å². The number of halogens is 7. The first kappa shape index (κ1) is 37.4. The second kappa shape index (κ2) is 14.9. The minimum absolute atomic E-state index is 0.00820. The van der Waals surface area contributed by atoms with Gasteiger partial charge in [0.2, 0.25) is 5.60 Å². The molecule has 1 unspecified atom stereocenters. The van der Waals surface area contributed by atoms with Crippen molar-refractivity contribution in [3.8, 4) is 5.75 Å². The molecule has 276 valence electrons. The van der Waals surface area contributed by atoms with Crippen molar-refractivity contribution < 1.29 is 45.4 Å². The highest BCUT2D eigenvalue weighted by molar-refractivity contribution is 7.10. The number of alkyl halides is 6. The number of likely N-dealkylation sites (tertiary alicyclic amines) is 1. The Morgan fingerprint density at radius 1 is 1.04 bits per heavy atom. The van der Waals surface area contributed by atoms with Crippen LogP contribution in [0.3, 0.4) is 0 Å². The van der Waals surface area contributed by atoms with E-state index in [1.807, 2.05) is 12.1 Å². The largest absolute Gasteiger partial charge is 0.474 e. The lowest BCUT2D eigenvalue weighted by atomic mass is 9.78. The molecule has 0 N–H and O–H groups in total. The summed E-state index contributed by atoms with van der Waals surface area (Å²) in [7, 11) is 0. The fourth-order valence-electron chi connectivity index (χ4n) is 7.47. The van der Waals surface area contributed by atoms with Crippen molar-refractivity contribution in [3.63, 3.8) is 0 Å². The number of carbonyl (C=O) groups is 2. The second-order valence-electron chi connectivity index (χ2n) is 13.0.